The van der Waals surface area contributed by atoms with Crippen molar-refractivity contribution in [1.82, 2.24) is 14.8 Å². The van der Waals surface area contributed by atoms with Gasteiger partial charge in [0.05, 0.1) is 29.1 Å². The number of pyridine rings is 1. The van der Waals surface area contributed by atoms with E-state index in [0.717, 1.165) is 22.4 Å². The molecule has 5 rings (SSSR count). The Bertz CT molecular complexity index is 1610. The molecule has 1 N–H and O–H groups in total. The third kappa shape index (κ3) is 4.74. The van der Waals surface area contributed by atoms with Crippen LogP contribution < -0.4 is 9.46 Å². The van der Waals surface area contributed by atoms with Gasteiger partial charge in [0.25, 0.3) is 10.0 Å². The summed E-state index contributed by atoms with van der Waals surface area (Å²) in [5.41, 5.74) is 3.19. The lowest BCUT2D eigenvalue weighted by Crippen LogP contribution is -2.15. The van der Waals surface area contributed by atoms with Gasteiger partial charge < -0.3 is 4.74 Å². The van der Waals surface area contributed by atoms with E-state index in [1.54, 1.807) is 36.0 Å². The van der Waals surface area contributed by atoms with Crippen LogP contribution in [0.3, 0.4) is 0 Å². The van der Waals surface area contributed by atoms with Crippen LogP contribution in [-0.2, 0) is 16.6 Å². The van der Waals surface area contributed by atoms with Crippen molar-refractivity contribution in [3.63, 3.8) is 0 Å². The molecule has 3 aromatic carbocycles. The van der Waals surface area contributed by atoms with Gasteiger partial charge in [-0.15, -0.1) is 0 Å². The van der Waals surface area contributed by atoms with Crippen molar-refractivity contribution in [1.29, 1.82) is 0 Å². The number of aromatic nitrogens is 3. The topological polar surface area (TPSA) is 86.1 Å². The van der Waals surface area contributed by atoms with Gasteiger partial charge in [-0.05, 0) is 55.8 Å². The Hall–Kier alpha value is -4.17. The molecular weight excluding hydrogens is 460 g/mol. The molecule has 35 heavy (non-hydrogen) atoms. The van der Waals surface area contributed by atoms with Crippen molar-refractivity contribution in [2.75, 3.05) is 4.72 Å². The van der Waals surface area contributed by atoms with E-state index in [9.17, 15) is 8.42 Å². The fourth-order valence-electron chi connectivity index (χ4n) is 3.99. The highest BCUT2D eigenvalue weighted by Crippen LogP contribution is 2.28. The van der Waals surface area contributed by atoms with Crippen LogP contribution in [0, 0.1) is 13.8 Å². The summed E-state index contributed by atoms with van der Waals surface area (Å²) in [6, 6.07) is 26.1. The van der Waals surface area contributed by atoms with E-state index >= 15 is 0 Å². The molecule has 0 fully saturated rings. The third-order valence-electron chi connectivity index (χ3n) is 5.71. The van der Waals surface area contributed by atoms with Crippen molar-refractivity contribution in [3.8, 4) is 11.5 Å². The molecule has 0 atom stereocenters. The maximum atomic E-state index is 13.3. The minimum Gasteiger partial charge on any atom is -0.457 e. The molecule has 0 radical (unpaired) electrons. The largest absolute Gasteiger partial charge is 0.457 e. The predicted octanol–water partition coefficient (Wildman–Crippen LogP) is 5.69. The maximum absolute atomic E-state index is 13.3. The number of hydrogen-bond acceptors (Lipinski definition) is 5. The number of benzene rings is 3. The van der Waals surface area contributed by atoms with Crippen molar-refractivity contribution in [3.05, 3.63) is 108 Å². The zero-order valence-corrected chi connectivity index (χ0v) is 20.2. The van der Waals surface area contributed by atoms with Gasteiger partial charge in [0.15, 0.2) is 0 Å². The van der Waals surface area contributed by atoms with Gasteiger partial charge in [-0.1, -0.05) is 48.5 Å². The summed E-state index contributed by atoms with van der Waals surface area (Å²) in [5, 5.41) is 5.35. The van der Waals surface area contributed by atoms with Gasteiger partial charge >= 0.3 is 0 Å². The molecule has 0 saturated heterocycles. The lowest BCUT2D eigenvalue weighted by molar-refractivity contribution is 0.481. The molecule has 0 amide bonds. The second-order valence-electron chi connectivity index (χ2n) is 8.20. The zero-order valence-electron chi connectivity index (χ0n) is 19.3. The average molecular weight is 485 g/mol. The van der Waals surface area contributed by atoms with Crippen molar-refractivity contribution < 1.29 is 13.2 Å². The predicted molar refractivity (Wildman–Crippen MR) is 136 cm³/mol. The van der Waals surface area contributed by atoms with Crippen LogP contribution in [-0.4, -0.2) is 23.2 Å². The first kappa shape index (κ1) is 22.6. The summed E-state index contributed by atoms with van der Waals surface area (Å²) in [5.74, 6) is 1.48. The highest BCUT2D eigenvalue weighted by Gasteiger charge is 2.22. The minimum absolute atomic E-state index is 0.132. The highest BCUT2D eigenvalue weighted by molar-refractivity contribution is 7.93. The van der Waals surface area contributed by atoms with Gasteiger partial charge in [-0.3, -0.25) is 14.4 Å². The molecule has 0 aliphatic heterocycles. The molecule has 176 valence electrons. The standard InChI is InChI=1S/C27H24N4O3S/c1-19-26(30-35(32,33)25-15-7-10-22-11-8-16-28-27(22)25)20(2)31(29-19)18-21-9-6-14-24(17-21)34-23-12-4-3-5-13-23/h3-17,30H,18H2,1-2H3. The van der Waals surface area contributed by atoms with E-state index in [0.29, 0.717) is 29.1 Å². The molecular formula is C27H24N4O3S. The van der Waals surface area contributed by atoms with Gasteiger partial charge in [-0.2, -0.15) is 5.10 Å². The molecule has 2 aromatic heterocycles. The lowest BCUT2D eigenvalue weighted by atomic mass is 10.2. The first-order valence-electron chi connectivity index (χ1n) is 11.1. The summed E-state index contributed by atoms with van der Waals surface area (Å²) < 4.78 is 37.1. The second kappa shape index (κ2) is 9.23. The van der Waals surface area contributed by atoms with Crippen LogP contribution in [0.15, 0.2) is 96.0 Å². The second-order valence-corrected chi connectivity index (χ2v) is 9.85. The highest BCUT2D eigenvalue weighted by atomic mass is 32.2. The van der Waals surface area contributed by atoms with Crippen molar-refractivity contribution in [2.24, 2.45) is 0 Å². The van der Waals surface area contributed by atoms with E-state index in [4.69, 9.17) is 4.74 Å². The summed E-state index contributed by atoms with van der Waals surface area (Å²) in [7, 11) is -3.87. The van der Waals surface area contributed by atoms with E-state index in [1.165, 1.54) is 0 Å². The van der Waals surface area contributed by atoms with E-state index < -0.39 is 10.0 Å². The SMILES string of the molecule is Cc1nn(Cc2cccc(Oc3ccccc3)c2)c(C)c1NS(=O)(=O)c1cccc2cccnc12. The number of aryl methyl sites for hydroxylation is 1. The van der Waals surface area contributed by atoms with Crippen LogP contribution in [0.4, 0.5) is 5.69 Å². The minimum atomic E-state index is -3.87. The van der Waals surface area contributed by atoms with E-state index in [-0.39, 0.29) is 4.90 Å². The number of ether oxygens (including phenoxy) is 1. The van der Waals surface area contributed by atoms with Crippen LogP contribution in [0.25, 0.3) is 10.9 Å². The van der Waals surface area contributed by atoms with Crippen LogP contribution in [0.5, 0.6) is 11.5 Å². The molecule has 0 bridgehead atoms. The molecule has 2 heterocycles. The zero-order chi connectivity index (χ0) is 24.4. The molecule has 0 aliphatic carbocycles. The third-order valence-corrected chi connectivity index (χ3v) is 7.09. The summed E-state index contributed by atoms with van der Waals surface area (Å²) in [6.45, 7) is 4.11. The van der Waals surface area contributed by atoms with Gasteiger partial charge in [0, 0.05) is 11.6 Å². The van der Waals surface area contributed by atoms with Gasteiger partial charge in [0.1, 0.15) is 16.4 Å². The Morgan fingerprint density at radius 2 is 1.63 bits per heavy atom. The van der Waals surface area contributed by atoms with Crippen LogP contribution >= 0.6 is 0 Å². The number of fused-ring (bicyclic) bond motifs is 1. The quantitative estimate of drug-likeness (QED) is 0.321. The molecule has 8 heteroatoms. The summed E-state index contributed by atoms with van der Waals surface area (Å²) in [6.07, 6.45) is 1.59. The number of anilines is 1. The molecule has 0 unspecified atom stereocenters. The summed E-state index contributed by atoms with van der Waals surface area (Å²) >= 11 is 0. The number of rotatable bonds is 7. The molecule has 7 nitrogen and oxygen atoms in total. The molecule has 5 aromatic rings. The number of nitrogens with zero attached hydrogens (tertiary/aromatic N) is 3. The van der Waals surface area contributed by atoms with E-state index in [2.05, 4.69) is 14.8 Å². The Balaban J connectivity index is 1.40. The van der Waals surface area contributed by atoms with Gasteiger partial charge in [-0.25, -0.2) is 8.42 Å². The molecule has 0 saturated carbocycles. The number of para-hydroxylation sites is 2. The summed E-state index contributed by atoms with van der Waals surface area (Å²) in [4.78, 5) is 4.41. The van der Waals surface area contributed by atoms with Crippen molar-refractivity contribution in [2.45, 2.75) is 25.3 Å². The monoisotopic (exact) mass is 484 g/mol. The van der Waals surface area contributed by atoms with Gasteiger partial charge in [0.2, 0.25) is 0 Å². The average Bonchev–Trinajstić information content (AvgIpc) is 3.11. The Morgan fingerprint density at radius 3 is 2.46 bits per heavy atom. The first-order valence-corrected chi connectivity index (χ1v) is 12.6. The van der Waals surface area contributed by atoms with E-state index in [1.807, 2.05) is 73.7 Å². The fraction of sp³-hybridized carbons (Fsp3) is 0.111. The lowest BCUT2D eigenvalue weighted by Gasteiger charge is -2.11. The number of sulfonamides is 1. The van der Waals surface area contributed by atoms with Crippen LogP contribution in [0.1, 0.15) is 17.0 Å². The first-order chi connectivity index (χ1) is 16.9. The Kier molecular flexibility index (Phi) is 5.96. The number of hydrogen-bond donors (Lipinski definition) is 1. The maximum Gasteiger partial charge on any atom is 0.264 e. The van der Waals surface area contributed by atoms with Crippen LogP contribution in [0.2, 0.25) is 0 Å². The molecule has 0 spiro atoms. The smallest absolute Gasteiger partial charge is 0.264 e. The Labute approximate surface area is 204 Å². The molecule has 0 aliphatic rings. The Morgan fingerprint density at radius 1 is 0.886 bits per heavy atom. The van der Waals surface area contributed by atoms with Crippen molar-refractivity contribution >= 4 is 26.6 Å². The normalized spacial score (nSPS) is 11.5. The fourth-order valence-corrected chi connectivity index (χ4v) is 5.34. The number of nitrogens with one attached hydrogen (secondary N) is 1.